The number of benzene rings is 1. The lowest BCUT2D eigenvalue weighted by Gasteiger charge is -2.20. The van der Waals surface area contributed by atoms with Gasteiger partial charge < -0.3 is 4.74 Å². The molecule has 0 N–H and O–H groups in total. The predicted molar refractivity (Wildman–Crippen MR) is 104 cm³/mol. The molecule has 0 spiro atoms. The highest BCUT2D eigenvalue weighted by molar-refractivity contribution is 9.10. The molecule has 1 atom stereocenters. The Bertz CT molecular complexity index is 644. The van der Waals surface area contributed by atoms with Crippen LogP contribution in [0.25, 0.3) is 0 Å². The first kappa shape index (κ1) is 22.6. The zero-order valence-corrected chi connectivity index (χ0v) is 17.6. The van der Waals surface area contributed by atoms with Gasteiger partial charge in [-0.2, -0.15) is 0 Å². The van der Waals surface area contributed by atoms with Crippen molar-refractivity contribution in [3.63, 3.8) is 0 Å². The standard InChI is InChI=1S/C16H17BrFNO.2C2H6/c1-9-5-6-14(18)10(2)16(9)12(4)20-15-7-13(17)8-19-11(15)3;2*1-2/h5-8,12H,1-4H3;2*1-2H3. The van der Waals surface area contributed by atoms with E-state index < -0.39 is 0 Å². The average molecular weight is 398 g/mol. The molecule has 24 heavy (non-hydrogen) atoms. The molecular weight excluding hydrogens is 369 g/mol. The third-order valence-electron chi connectivity index (χ3n) is 3.38. The molecule has 0 radical (unpaired) electrons. The summed E-state index contributed by atoms with van der Waals surface area (Å²) >= 11 is 3.38. The second-order valence-electron chi connectivity index (χ2n) is 4.90. The summed E-state index contributed by atoms with van der Waals surface area (Å²) in [5, 5.41) is 0. The highest BCUT2D eigenvalue weighted by atomic mass is 79.9. The number of ether oxygens (including phenoxy) is 1. The van der Waals surface area contributed by atoms with Gasteiger partial charge in [0.05, 0.1) is 5.69 Å². The van der Waals surface area contributed by atoms with Crippen LogP contribution < -0.4 is 4.74 Å². The number of halogens is 2. The van der Waals surface area contributed by atoms with Crippen molar-refractivity contribution in [3.8, 4) is 5.75 Å². The second kappa shape index (κ2) is 11.2. The molecular formula is C20H29BrFNO. The maximum atomic E-state index is 13.7. The lowest BCUT2D eigenvalue weighted by Crippen LogP contribution is -2.09. The molecule has 4 heteroatoms. The molecule has 0 aliphatic carbocycles. The molecule has 2 aromatic rings. The Morgan fingerprint density at radius 1 is 1.08 bits per heavy atom. The maximum Gasteiger partial charge on any atom is 0.142 e. The van der Waals surface area contributed by atoms with Crippen molar-refractivity contribution in [3.05, 3.63) is 57.1 Å². The molecule has 0 fully saturated rings. The number of aromatic nitrogens is 1. The lowest BCUT2D eigenvalue weighted by molar-refractivity contribution is 0.222. The molecule has 1 aromatic carbocycles. The SMILES string of the molecule is CC.CC.Cc1ccc(F)c(C)c1C(C)Oc1cc(Br)cnc1C. The van der Waals surface area contributed by atoms with Crippen LogP contribution in [0.4, 0.5) is 4.39 Å². The Labute approximate surface area is 154 Å². The van der Waals surface area contributed by atoms with Gasteiger partial charge in [-0.05, 0) is 66.9 Å². The van der Waals surface area contributed by atoms with Crippen LogP contribution in [0.5, 0.6) is 5.75 Å². The zero-order valence-electron chi connectivity index (χ0n) is 16.0. The number of rotatable bonds is 3. The van der Waals surface area contributed by atoms with E-state index in [1.54, 1.807) is 19.2 Å². The number of nitrogens with zero attached hydrogens (tertiary/aromatic N) is 1. The summed E-state index contributed by atoms with van der Waals surface area (Å²) in [4.78, 5) is 4.24. The van der Waals surface area contributed by atoms with Crippen molar-refractivity contribution in [2.45, 2.75) is 61.5 Å². The van der Waals surface area contributed by atoms with Crippen LogP contribution in [0.15, 0.2) is 28.9 Å². The van der Waals surface area contributed by atoms with Crippen molar-refractivity contribution < 1.29 is 9.13 Å². The molecule has 0 aliphatic heterocycles. The van der Waals surface area contributed by atoms with Crippen molar-refractivity contribution >= 4 is 15.9 Å². The molecule has 0 saturated carbocycles. The molecule has 0 bridgehead atoms. The van der Waals surface area contributed by atoms with E-state index in [0.717, 1.165) is 21.3 Å². The molecule has 0 saturated heterocycles. The minimum absolute atomic E-state index is 0.204. The van der Waals surface area contributed by atoms with Crippen molar-refractivity contribution in [1.82, 2.24) is 4.98 Å². The first-order chi connectivity index (χ1) is 11.4. The van der Waals surface area contributed by atoms with E-state index in [-0.39, 0.29) is 11.9 Å². The van der Waals surface area contributed by atoms with Gasteiger partial charge in [0.25, 0.3) is 0 Å². The van der Waals surface area contributed by atoms with E-state index in [1.165, 1.54) is 6.07 Å². The van der Waals surface area contributed by atoms with Crippen molar-refractivity contribution in [2.75, 3.05) is 0 Å². The average Bonchev–Trinajstić information content (AvgIpc) is 2.58. The van der Waals surface area contributed by atoms with Crippen LogP contribution in [0, 0.1) is 26.6 Å². The highest BCUT2D eigenvalue weighted by Gasteiger charge is 2.17. The van der Waals surface area contributed by atoms with Crippen LogP contribution >= 0.6 is 15.9 Å². The summed E-state index contributed by atoms with van der Waals surface area (Å²) in [7, 11) is 0. The number of aryl methyl sites for hydroxylation is 2. The van der Waals surface area contributed by atoms with Crippen molar-refractivity contribution in [1.29, 1.82) is 0 Å². The minimum Gasteiger partial charge on any atom is -0.484 e. The number of hydrogen-bond acceptors (Lipinski definition) is 2. The Kier molecular flexibility index (Phi) is 10.5. The van der Waals surface area contributed by atoms with Gasteiger partial charge in [0.1, 0.15) is 17.7 Å². The van der Waals surface area contributed by atoms with Gasteiger partial charge in [-0.25, -0.2) is 4.39 Å². The van der Waals surface area contributed by atoms with E-state index in [1.807, 2.05) is 54.5 Å². The van der Waals surface area contributed by atoms with Crippen LogP contribution in [-0.2, 0) is 0 Å². The Balaban J connectivity index is 0.00000123. The molecule has 134 valence electrons. The summed E-state index contributed by atoms with van der Waals surface area (Å²) in [6.45, 7) is 15.6. The molecule has 1 unspecified atom stereocenters. The van der Waals surface area contributed by atoms with E-state index in [0.29, 0.717) is 11.3 Å². The monoisotopic (exact) mass is 397 g/mol. The van der Waals surface area contributed by atoms with Gasteiger partial charge in [0, 0.05) is 16.2 Å². The van der Waals surface area contributed by atoms with Gasteiger partial charge in [0.15, 0.2) is 0 Å². The molecule has 2 nitrogen and oxygen atoms in total. The van der Waals surface area contributed by atoms with E-state index in [4.69, 9.17) is 4.74 Å². The third-order valence-corrected chi connectivity index (χ3v) is 3.82. The van der Waals surface area contributed by atoms with Gasteiger partial charge in [-0.1, -0.05) is 33.8 Å². The van der Waals surface area contributed by atoms with E-state index in [9.17, 15) is 4.39 Å². The number of hydrogen-bond donors (Lipinski definition) is 0. The van der Waals surface area contributed by atoms with Crippen LogP contribution in [0.3, 0.4) is 0 Å². The normalized spacial score (nSPS) is 10.8. The summed E-state index contributed by atoms with van der Waals surface area (Å²) in [6, 6.07) is 5.15. The summed E-state index contributed by atoms with van der Waals surface area (Å²) in [6.07, 6.45) is 1.49. The first-order valence-corrected chi connectivity index (χ1v) is 9.24. The predicted octanol–water partition coefficient (Wildman–Crippen LogP) is 7.10. The van der Waals surface area contributed by atoms with Gasteiger partial charge in [0.2, 0.25) is 0 Å². The largest absolute Gasteiger partial charge is 0.484 e. The van der Waals surface area contributed by atoms with E-state index in [2.05, 4.69) is 20.9 Å². The summed E-state index contributed by atoms with van der Waals surface area (Å²) in [5.74, 6) is 0.500. The molecule has 1 aromatic heterocycles. The summed E-state index contributed by atoms with van der Waals surface area (Å²) < 4.78 is 20.6. The fraction of sp³-hybridized carbons (Fsp3) is 0.450. The fourth-order valence-corrected chi connectivity index (χ4v) is 2.63. The Morgan fingerprint density at radius 3 is 2.25 bits per heavy atom. The third kappa shape index (κ3) is 5.90. The highest BCUT2D eigenvalue weighted by Crippen LogP contribution is 2.30. The zero-order chi connectivity index (χ0) is 18.9. The van der Waals surface area contributed by atoms with Gasteiger partial charge in [-0.3, -0.25) is 4.98 Å². The topological polar surface area (TPSA) is 22.1 Å². The van der Waals surface area contributed by atoms with Crippen LogP contribution in [0.1, 0.15) is 63.1 Å². The maximum absolute atomic E-state index is 13.7. The molecule has 0 aliphatic rings. The Hall–Kier alpha value is -1.42. The molecule has 1 heterocycles. The summed E-state index contributed by atoms with van der Waals surface area (Å²) in [5.41, 5.74) is 3.37. The smallest absolute Gasteiger partial charge is 0.142 e. The number of pyridine rings is 1. The molecule has 0 amide bonds. The van der Waals surface area contributed by atoms with Crippen LogP contribution in [-0.4, -0.2) is 4.98 Å². The quantitative estimate of drug-likeness (QED) is 0.550. The minimum atomic E-state index is -0.236. The van der Waals surface area contributed by atoms with Gasteiger partial charge >= 0.3 is 0 Å². The fourth-order valence-electron chi connectivity index (χ4n) is 2.32. The van der Waals surface area contributed by atoms with E-state index >= 15 is 0 Å². The Morgan fingerprint density at radius 2 is 1.67 bits per heavy atom. The second-order valence-corrected chi connectivity index (χ2v) is 5.82. The van der Waals surface area contributed by atoms with Gasteiger partial charge in [-0.15, -0.1) is 0 Å². The first-order valence-electron chi connectivity index (χ1n) is 8.44. The lowest BCUT2D eigenvalue weighted by atomic mass is 9.98. The molecule has 2 rings (SSSR count). The van der Waals surface area contributed by atoms with Crippen LogP contribution in [0.2, 0.25) is 0 Å². The van der Waals surface area contributed by atoms with Crippen molar-refractivity contribution in [2.24, 2.45) is 0 Å².